The second kappa shape index (κ2) is 11.1. The molecule has 4 N–H and O–H groups in total. The number of fused-ring (bicyclic) bond motifs is 1. The lowest BCUT2D eigenvalue weighted by Crippen LogP contribution is -2.55. The van der Waals surface area contributed by atoms with Crippen molar-refractivity contribution in [3.05, 3.63) is 59.0 Å². The van der Waals surface area contributed by atoms with Gasteiger partial charge in [-0.2, -0.15) is 0 Å². The summed E-state index contributed by atoms with van der Waals surface area (Å²) in [4.78, 5) is 16.5. The molecule has 0 bridgehead atoms. The zero-order chi connectivity index (χ0) is 26.8. The van der Waals surface area contributed by atoms with E-state index < -0.39 is 12.1 Å². The largest absolute Gasteiger partial charge is 0.471 e. The van der Waals surface area contributed by atoms with Gasteiger partial charge in [-0.05, 0) is 66.3 Å². The molecule has 0 unspecified atom stereocenters. The topological polar surface area (TPSA) is 104 Å². The molecule has 2 heterocycles. The van der Waals surface area contributed by atoms with Crippen molar-refractivity contribution in [1.82, 2.24) is 15.6 Å². The number of nitrogens with zero attached hydrogens (tertiary/aromatic N) is 1. The average Bonchev–Trinajstić information content (AvgIpc) is 2.80. The van der Waals surface area contributed by atoms with Crippen molar-refractivity contribution in [2.45, 2.75) is 83.6 Å². The molecule has 4 rings (SSSR count). The van der Waals surface area contributed by atoms with E-state index in [-0.39, 0.29) is 47.9 Å². The standard InChI is InChI=1S/C29H40FN3O4/c1-18(35)33-24(10-19-5-7-22(30)8-6-19)26(36)16-31-25-14-29(12-21(13-29)17-34)37-27-23(25)9-20(15-32-27)11-28(2,3)4/h5-9,15,21,24-26,31,34,36H,10-14,16-17H2,1-4H3,(H,33,35)/t21?,24-,25-,26+,29?/m0/s1. The Bertz CT molecular complexity index is 1080. The Kier molecular flexibility index (Phi) is 8.21. The number of pyridine rings is 1. The monoisotopic (exact) mass is 513 g/mol. The van der Waals surface area contributed by atoms with Crippen molar-refractivity contribution >= 4 is 5.91 Å². The normalized spacial score (nSPS) is 24.5. The highest BCUT2D eigenvalue weighted by Gasteiger charge is 2.51. The summed E-state index contributed by atoms with van der Waals surface area (Å²) in [6.45, 7) is 8.39. The van der Waals surface area contributed by atoms with Crippen LogP contribution < -0.4 is 15.4 Å². The van der Waals surface area contributed by atoms with Gasteiger partial charge in [-0.25, -0.2) is 9.37 Å². The van der Waals surface area contributed by atoms with Crippen molar-refractivity contribution in [2.75, 3.05) is 13.2 Å². The molecule has 0 radical (unpaired) electrons. The van der Waals surface area contributed by atoms with Gasteiger partial charge in [-0.15, -0.1) is 0 Å². The number of ether oxygens (including phenoxy) is 1. The highest BCUT2D eigenvalue weighted by atomic mass is 19.1. The molecular weight excluding hydrogens is 473 g/mol. The van der Waals surface area contributed by atoms with Crippen LogP contribution in [0.2, 0.25) is 0 Å². The van der Waals surface area contributed by atoms with E-state index >= 15 is 0 Å². The van der Waals surface area contributed by atoms with Crippen LogP contribution in [-0.2, 0) is 17.6 Å². The van der Waals surface area contributed by atoms with Crippen LogP contribution in [0.4, 0.5) is 4.39 Å². The number of hydrogen-bond acceptors (Lipinski definition) is 6. The Labute approximate surface area is 218 Å². The zero-order valence-corrected chi connectivity index (χ0v) is 22.3. The lowest BCUT2D eigenvalue weighted by molar-refractivity contribution is -0.120. The van der Waals surface area contributed by atoms with Crippen molar-refractivity contribution in [3.63, 3.8) is 0 Å². The molecule has 8 heteroatoms. The maximum absolute atomic E-state index is 13.3. The third-order valence-electron chi connectivity index (χ3n) is 7.31. The van der Waals surface area contributed by atoms with Crippen LogP contribution in [0.15, 0.2) is 36.5 Å². The van der Waals surface area contributed by atoms with Crippen LogP contribution in [0, 0.1) is 17.2 Å². The van der Waals surface area contributed by atoms with E-state index in [1.165, 1.54) is 19.1 Å². The lowest BCUT2D eigenvalue weighted by Gasteiger charge is -2.51. The number of aromatic nitrogens is 1. The number of nitrogens with one attached hydrogen (secondary N) is 2. The fourth-order valence-corrected chi connectivity index (χ4v) is 5.67. The highest BCUT2D eigenvalue weighted by molar-refractivity contribution is 5.73. The third kappa shape index (κ3) is 7.06. The van der Waals surface area contributed by atoms with Crippen LogP contribution >= 0.6 is 0 Å². The smallest absolute Gasteiger partial charge is 0.218 e. The molecule has 3 atom stereocenters. The number of aliphatic hydroxyl groups excluding tert-OH is 2. The SMILES string of the molecule is CC(=O)N[C@@H](Cc1ccc(F)cc1)[C@H](O)CN[C@H]1CC2(CC(CO)C2)Oc2ncc(CC(C)(C)C)cc21. The van der Waals surface area contributed by atoms with Gasteiger partial charge in [0, 0.05) is 44.3 Å². The number of amides is 1. The molecule has 1 aliphatic carbocycles. The van der Waals surface area contributed by atoms with E-state index in [2.05, 4.69) is 42.5 Å². The molecule has 7 nitrogen and oxygen atoms in total. The minimum absolute atomic E-state index is 0.0886. The molecule has 0 saturated heterocycles. The Morgan fingerprint density at radius 1 is 1.22 bits per heavy atom. The van der Waals surface area contributed by atoms with Gasteiger partial charge in [-0.3, -0.25) is 4.79 Å². The molecule has 2 aliphatic rings. The summed E-state index contributed by atoms with van der Waals surface area (Å²) in [5, 5.41) is 27.1. The highest BCUT2D eigenvalue weighted by Crippen LogP contribution is 2.50. The van der Waals surface area contributed by atoms with Crippen molar-refractivity contribution in [3.8, 4) is 5.88 Å². The van der Waals surface area contributed by atoms with Gasteiger partial charge in [0.25, 0.3) is 0 Å². The zero-order valence-electron chi connectivity index (χ0n) is 22.3. The predicted molar refractivity (Wildman–Crippen MR) is 140 cm³/mol. The summed E-state index contributed by atoms with van der Waals surface area (Å²) in [5.74, 6) is 0.278. The summed E-state index contributed by atoms with van der Waals surface area (Å²) >= 11 is 0. The van der Waals surface area contributed by atoms with E-state index in [1.807, 2.05) is 6.20 Å². The number of benzene rings is 1. The van der Waals surface area contributed by atoms with E-state index in [0.29, 0.717) is 18.7 Å². The first-order valence-electron chi connectivity index (χ1n) is 13.2. The molecule has 2 aromatic rings. The number of hydrogen-bond donors (Lipinski definition) is 4. The molecular formula is C29H40FN3O4. The van der Waals surface area contributed by atoms with Crippen molar-refractivity contribution in [1.29, 1.82) is 0 Å². The fourth-order valence-electron chi connectivity index (χ4n) is 5.67. The summed E-state index contributed by atoms with van der Waals surface area (Å²) in [6, 6.07) is 7.62. The van der Waals surface area contributed by atoms with Crippen LogP contribution in [0.1, 0.15) is 69.7 Å². The summed E-state index contributed by atoms with van der Waals surface area (Å²) in [7, 11) is 0. The number of halogens is 1. The van der Waals surface area contributed by atoms with Gasteiger partial charge in [0.1, 0.15) is 11.4 Å². The first-order chi connectivity index (χ1) is 17.4. The van der Waals surface area contributed by atoms with E-state index in [9.17, 15) is 19.4 Å². The van der Waals surface area contributed by atoms with Crippen LogP contribution in [0.3, 0.4) is 0 Å². The molecule has 1 aromatic heterocycles. The van der Waals surface area contributed by atoms with E-state index in [0.717, 1.165) is 36.0 Å². The van der Waals surface area contributed by atoms with Gasteiger partial charge in [0.05, 0.1) is 12.1 Å². The molecule has 37 heavy (non-hydrogen) atoms. The third-order valence-corrected chi connectivity index (χ3v) is 7.31. The van der Waals surface area contributed by atoms with Gasteiger partial charge in [0.15, 0.2) is 0 Å². The molecule has 1 aromatic carbocycles. The minimum atomic E-state index is -0.867. The van der Waals surface area contributed by atoms with Gasteiger partial charge in [-0.1, -0.05) is 32.9 Å². The maximum Gasteiger partial charge on any atom is 0.218 e. The Hall–Kier alpha value is -2.55. The molecule has 1 saturated carbocycles. The quantitative estimate of drug-likeness (QED) is 0.410. The summed E-state index contributed by atoms with van der Waals surface area (Å²) < 4.78 is 19.7. The maximum atomic E-state index is 13.3. The van der Waals surface area contributed by atoms with E-state index in [1.54, 1.807) is 12.1 Å². The van der Waals surface area contributed by atoms with Crippen molar-refractivity contribution < 1.29 is 24.1 Å². The van der Waals surface area contributed by atoms with Gasteiger partial charge < -0.3 is 25.6 Å². The van der Waals surface area contributed by atoms with Crippen LogP contribution in [0.5, 0.6) is 5.88 Å². The van der Waals surface area contributed by atoms with E-state index in [4.69, 9.17) is 4.74 Å². The Morgan fingerprint density at radius 3 is 2.54 bits per heavy atom. The Morgan fingerprint density at radius 2 is 1.92 bits per heavy atom. The van der Waals surface area contributed by atoms with Crippen LogP contribution in [-0.4, -0.2) is 52.0 Å². The number of carbonyl (C=O) groups is 1. The summed E-state index contributed by atoms with van der Waals surface area (Å²) in [6.07, 6.45) is 4.53. The van der Waals surface area contributed by atoms with Crippen LogP contribution in [0.25, 0.3) is 0 Å². The number of rotatable bonds is 9. The average molecular weight is 514 g/mol. The predicted octanol–water partition coefficient (Wildman–Crippen LogP) is 3.47. The van der Waals surface area contributed by atoms with Crippen molar-refractivity contribution in [2.24, 2.45) is 11.3 Å². The first-order valence-corrected chi connectivity index (χ1v) is 13.2. The first kappa shape index (κ1) is 27.5. The lowest BCUT2D eigenvalue weighted by atomic mass is 9.66. The second-order valence-corrected chi connectivity index (χ2v) is 12.1. The fraction of sp³-hybridized carbons (Fsp3) is 0.586. The molecule has 1 aliphatic heterocycles. The van der Waals surface area contributed by atoms with Gasteiger partial charge >= 0.3 is 0 Å². The minimum Gasteiger partial charge on any atom is -0.471 e. The second-order valence-electron chi connectivity index (χ2n) is 12.1. The number of carbonyl (C=O) groups excluding carboxylic acids is 1. The molecule has 1 fully saturated rings. The Balaban J connectivity index is 1.51. The number of aliphatic hydroxyl groups is 2. The van der Waals surface area contributed by atoms with Gasteiger partial charge in [0.2, 0.25) is 11.8 Å². The summed E-state index contributed by atoms with van der Waals surface area (Å²) in [5.41, 5.74) is 2.68. The molecule has 1 amide bonds. The molecule has 1 spiro atoms. The molecule has 202 valence electrons.